The predicted molar refractivity (Wildman–Crippen MR) is 68.8 cm³/mol. The summed E-state index contributed by atoms with van der Waals surface area (Å²) in [6.07, 6.45) is -0.436. The van der Waals surface area contributed by atoms with E-state index in [-0.39, 0.29) is 11.6 Å². The molecule has 1 fully saturated rings. The third-order valence-corrected chi connectivity index (χ3v) is 3.63. The fraction of sp³-hybridized carbons (Fsp3) is 0.538. The van der Waals surface area contributed by atoms with Crippen molar-refractivity contribution in [3.8, 4) is 0 Å². The van der Waals surface area contributed by atoms with Gasteiger partial charge < -0.3 is 5.32 Å². The molecular weight excluding hydrogens is 274 g/mol. The zero-order valence-corrected chi connectivity index (χ0v) is 11.5. The lowest BCUT2D eigenvalue weighted by molar-refractivity contribution is 0.0676. The van der Waals surface area contributed by atoms with Crippen LogP contribution in [0.3, 0.4) is 0 Å². The standard InChI is InChI=1S/C13H15ClF2N2O/c1-7(2)8-6-17-10(5-9(8)14)11(19)18-13(3-4-13)12(15)16/h5-7,12H,3-4H2,1-2H3,(H,18,19). The van der Waals surface area contributed by atoms with Gasteiger partial charge in [-0.3, -0.25) is 9.78 Å². The van der Waals surface area contributed by atoms with Crippen molar-refractivity contribution in [3.63, 3.8) is 0 Å². The van der Waals surface area contributed by atoms with Gasteiger partial charge in [0.1, 0.15) is 11.2 Å². The van der Waals surface area contributed by atoms with Crippen LogP contribution in [-0.2, 0) is 0 Å². The Labute approximate surface area is 115 Å². The van der Waals surface area contributed by atoms with Gasteiger partial charge in [-0.15, -0.1) is 0 Å². The maximum absolute atomic E-state index is 12.7. The monoisotopic (exact) mass is 288 g/mol. The molecule has 6 heteroatoms. The first-order chi connectivity index (χ1) is 8.85. The summed E-state index contributed by atoms with van der Waals surface area (Å²) < 4.78 is 25.5. The Hall–Kier alpha value is -1.23. The predicted octanol–water partition coefficient (Wildman–Crippen LogP) is 3.39. The van der Waals surface area contributed by atoms with E-state index in [4.69, 9.17) is 11.6 Å². The lowest BCUT2D eigenvalue weighted by Crippen LogP contribution is -2.42. The highest BCUT2D eigenvalue weighted by atomic mass is 35.5. The second-order valence-corrected chi connectivity index (χ2v) is 5.56. The molecular formula is C13H15ClF2N2O. The number of carbonyl (C=O) groups excluding carboxylic acids is 1. The third kappa shape index (κ3) is 2.86. The van der Waals surface area contributed by atoms with Crippen LogP contribution in [0.25, 0.3) is 0 Å². The summed E-state index contributed by atoms with van der Waals surface area (Å²) >= 11 is 6.05. The maximum Gasteiger partial charge on any atom is 0.270 e. The number of alkyl halides is 2. The summed E-state index contributed by atoms with van der Waals surface area (Å²) in [6, 6.07) is 1.42. The molecule has 2 rings (SSSR count). The van der Waals surface area contributed by atoms with Crippen molar-refractivity contribution < 1.29 is 13.6 Å². The largest absolute Gasteiger partial charge is 0.339 e. The van der Waals surface area contributed by atoms with Gasteiger partial charge in [0, 0.05) is 11.2 Å². The minimum Gasteiger partial charge on any atom is -0.339 e. The van der Waals surface area contributed by atoms with Gasteiger partial charge in [0.25, 0.3) is 12.3 Å². The number of halogens is 3. The van der Waals surface area contributed by atoms with Crippen molar-refractivity contribution in [1.82, 2.24) is 10.3 Å². The van der Waals surface area contributed by atoms with Gasteiger partial charge in [0.15, 0.2) is 0 Å². The number of amides is 1. The zero-order valence-electron chi connectivity index (χ0n) is 10.7. The number of carbonyl (C=O) groups is 1. The molecule has 1 aliphatic carbocycles. The van der Waals surface area contributed by atoms with Gasteiger partial charge in [0.2, 0.25) is 0 Å². The lowest BCUT2D eigenvalue weighted by Gasteiger charge is -2.16. The smallest absolute Gasteiger partial charge is 0.270 e. The summed E-state index contributed by atoms with van der Waals surface area (Å²) in [4.78, 5) is 15.9. The minimum atomic E-state index is -2.55. The van der Waals surface area contributed by atoms with Gasteiger partial charge in [-0.1, -0.05) is 25.4 Å². The molecule has 0 saturated heterocycles. The first-order valence-corrected chi connectivity index (χ1v) is 6.49. The van der Waals surface area contributed by atoms with Gasteiger partial charge in [-0.05, 0) is 30.4 Å². The Kier molecular flexibility index (Phi) is 3.76. The average molecular weight is 289 g/mol. The van der Waals surface area contributed by atoms with Crippen molar-refractivity contribution in [3.05, 3.63) is 28.5 Å². The van der Waals surface area contributed by atoms with Crippen molar-refractivity contribution >= 4 is 17.5 Å². The van der Waals surface area contributed by atoms with Crippen LogP contribution in [0.4, 0.5) is 8.78 Å². The summed E-state index contributed by atoms with van der Waals surface area (Å²) in [5, 5.41) is 2.78. The molecule has 1 saturated carbocycles. The molecule has 1 heterocycles. The number of aromatic nitrogens is 1. The highest BCUT2D eigenvalue weighted by Crippen LogP contribution is 2.41. The molecule has 0 spiro atoms. The van der Waals surface area contributed by atoms with Crippen LogP contribution >= 0.6 is 11.6 Å². The highest BCUT2D eigenvalue weighted by Gasteiger charge is 2.52. The fourth-order valence-corrected chi connectivity index (χ4v) is 2.18. The Morgan fingerprint density at radius 1 is 1.47 bits per heavy atom. The van der Waals surface area contributed by atoms with Crippen molar-refractivity contribution in [2.24, 2.45) is 0 Å². The van der Waals surface area contributed by atoms with Crippen LogP contribution in [0.2, 0.25) is 5.02 Å². The Balaban J connectivity index is 2.14. The zero-order chi connectivity index (χ0) is 14.2. The van der Waals surface area contributed by atoms with Crippen molar-refractivity contribution in [2.75, 3.05) is 0 Å². The molecule has 0 radical (unpaired) electrons. The van der Waals surface area contributed by atoms with Crippen LogP contribution in [0, 0.1) is 0 Å². The normalized spacial score (nSPS) is 16.8. The number of hydrogen-bond donors (Lipinski definition) is 1. The molecule has 1 aromatic rings. The van der Waals surface area contributed by atoms with E-state index in [1.165, 1.54) is 12.3 Å². The molecule has 19 heavy (non-hydrogen) atoms. The first-order valence-electron chi connectivity index (χ1n) is 6.12. The third-order valence-electron chi connectivity index (χ3n) is 3.31. The van der Waals surface area contributed by atoms with E-state index in [0.717, 1.165) is 5.56 Å². The molecule has 104 valence electrons. The van der Waals surface area contributed by atoms with Crippen LogP contribution in [0.15, 0.2) is 12.3 Å². The summed E-state index contributed by atoms with van der Waals surface area (Å²) in [7, 11) is 0. The molecule has 1 amide bonds. The van der Waals surface area contributed by atoms with E-state index in [0.29, 0.717) is 17.9 Å². The van der Waals surface area contributed by atoms with E-state index in [1.54, 1.807) is 0 Å². The summed E-state index contributed by atoms with van der Waals surface area (Å²) in [5.74, 6) is -0.414. The minimum absolute atomic E-state index is 0.0707. The fourth-order valence-electron chi connectivity index (χ4n) is 1.81. The number of nitrogens with one attached hydrogen (secondary N) is 1. The molecule has 0 unspecified atom stereocenters. The first kappa shape index (κ1) is 14.2. The molecule has 1 aliphatic rings. The van der Waals surface area contributed by atoms with E-state index in [2.05, 4.69) is 10.3 Å². The lowest BCUT2D eigenvalue weighted by atomic mass is 10.1. The van der Waals surface area contributed by atoms with Crippen molar-refractivity contribution in [2.45, 2.75) is 44.6 Å². The Bertz CT molecular complexity index is 501. The molecule has 0 aliphatic heterocycles. The van der Waals surface area contributed by atoms with Gasteiger partial charge >= 0.3 is 0 Å². The van der Waals surface area contributed by atoms with Gasteiger partial charge in [-0.2, -0.15) is 0 Å². The SMILES string of the molecule is CC(C)c1cnc(C(=O)NC2(C(F)F)CC2)cc1Cl. The van der Waals surface area contributed by atoms with E-state index in [1.807, 2.05) is 13.8 Å². The Morgan fingerprint density at radius 3 is 2.53 bits per heavy atom. The van der Waals surface area contributed by atoms with E-state index >= 15 is 0 Å². The number of pyridine rings is 1. The number of rotatable bonds is 4. The molecule has 3 nitrogen and oxygen atoms in total. The van der Waals surface area contributed by atoms with Crippen LogP contribution in [-0.4, -0.2) is 22.9 Å². The second kappa shape index (κ2) is 5.04. The van der Waals surface area contributed by atoms with Crippen LogP contribution < -0.4 is 5.32 Å². The van der Waals surface area contributed by atoms with E-state index in [9.17, 15) is 13.6 Å². The van der Waals surface area contributed by atoms with Gasteiger partial charge in [-0.25, -0.2) is 8.78 Å². The molecule has 1 N–H and O–H groups in total. The number of hydrogen-bond acceptors (Lipinski definition) is 2. The highest BCUT2D eigenvalue weighted by molar-refractivity contribution is 6.31. The van der Waals surface area contributed by atoms with Crippen LogP contribution in [0.1, 0.15) is 48.7 Å². The number of nitrogens with zero attached hydrogens (tertiary/aromatic N) is 1. The summed E-state index contributed by atoms with van der Waals surface area (Å²) in [6.45, 7) is 3.91. The molecule has 0 bridgehead atoms. The van der Waals surface area contributed by atoms with E-state index < -0.39 is 17.9 Å². The topological polar surface area (TPSA) is 42.0 Å². The second-order valence-electron chi connectivity index (χ2n) is 5.16. The molecule has 0 aromatic carbocycles. The molecule has 1 aromatic heterocycles. The molecule has 0 atom stereocenters. The van der Waals surface area contributed by atoms with Crippen LogP contribution in [0.5, 0.6) is 0 Å². The Morgan fingerprint density at radius 2 is 2.11 bits per heavy atom. The quantitative estimate of drug-likeness (QED) is 0.923. The average Bonchev–Trinajstić information content (AvgIpc) is 3.09. The summed E-state index contributed by atoms with van der Waals surface area (Å²) in [5.41, 5.74) is -0.461. The van der Waals surface area contributed by atoms with Gasteiger partial charge in [0.05, 0.1) is 0 Å². The van der Waals surface area contributed by atoms with Crippen molar-refractivity contribution in [1.29, 1.82) is 0 Å². The maximum atomic E-state index is 12.7.